The van der Waals surface area contributed by atoms with E-state index in [9.17, 15) is 9.90 Å². The van der Waals surface area contributed by atoms with E-state index in [0.29, 0.717) is 11.6 Å². The van der Waals surface area contributed by atoms with Crippen LogP contribution in [-0.2, 0) is 0 Å². The summed E-state index contributed by atoms with van der Waals surface area (Å²) >= 11 is 1.67. The molecule has 2 aromatic rings. The van der Waals surface area contributed by atoms with Crippen LogP contribution in [0.5, 0.6) is 0 Å². The lowest BCUT2D eigenvalue weighted by atomic mass is 9.95. The zero-order valence-corrected chi connectivity index (χ0v) is 12.4. The molecule has 0 aromatic carbocycles. The van der Waals surface area contributed by atoms with Gasteiger partial charge in [-0.15, -0.1) is 11.3 Å². The number of hydrogen-bond donors (Lipinski definition) is 1. The van der Waals surface area contributed by atoms with Crippen molar-refractivity contribution in [2.24, 2.45) is 0 Å². The van der Waals surface area contributed by atoms with Crippen molar-refractivity contribution in [1.29, 1.82) is 0 Å². The van der Waals surface area contributed by atoms with E-state index < -0.39 is 5.97 Å². The SMILES string of the molecule is Cc1c(C(=O)O)cc(-c2cccs2)n1C1CCCCC1. The Hall–Kier alpha value is -1.55. The fourth-order valence-corrected chi connectivity index (χ4v) is 4.00. The molecule has 0 atom stereocenters. The standard InChI is InChI=1S/C16H19NO2S/c1-11-13(16(18)19)10-14(15-8-5-9-20-15)17(11)12-6-3-2-4-7-12/h5,8-10,12H,2-4,6-7H2,1H3,(H,18,19). The summed E-state index contributed by atoms with van der Waals surface area (Å²) in [6.07, 6.45) is 6.11. The molecule has 1 fully saturated rings. The summed E-state index contributed by atoms with van der Waals surface area (Å²) in [4.78, 5) is 12.6. The van der Waals surface area contributed by atoms with Gasteiger partial charge in [-0.05, 0) is 37.3 Å². The predicted molar refractivity (Wildman–Crippen MR) is 81.6 cm³/mol. The molecule has 1 N–H and O–H groups in total. The van der Waals surface area contributed by atoms with Crippen LogP contribution in [-0.4, -0.2) is 15.6 Å². The molecule has 0 aliphatic heterocycles. The smallest absolute Gasteiger partial charge is 0.337 e. The number of thiophene rings is 1. The Morgan fingerprint density at radius 1 is 1.35 bits per heavy atom. The van der Waals surface area contributed by atoms with Gasteiger partial charge in [-0.25, -0.2) is 4.79 Å². The molecule has 3 rings (SSSR count). The summed E-state index contributed by atoms with van der Waals surface area (Å²) in [7, 11) is 0. The predicted octanol–water partition coefficient (Wildman–Crippen LogP) is 4.73. The largest absolute Gasteiger partial charge is 0.478 e. The van der Waals surface area contributed by atoms with Crippen LogP contribution >= 0.6 is 11.3 Å². The van der Waals surface area contributed by atoms with E-state index in [1.807, 2.05) is 24.4 Å². The molecule has 1 saturated carbocycles. The van der Waals surface area contributed by atoms with Crippen LogP contribution in [0.1, 0.15) is 54.2 Å². The number of hydrogen-bond acceptors (Lipinski definition) is 2. The average molecular weight is 289 g/mol. The van der Waals surface area contributed by atoms with E-state index in [1.54, 1.807) is 11.3 Å². The van der Waals surface area contributed by atoms with Gasteiger partial charge in [-0.2, -0.15) is 0 Å². The fraction of sp³-hybridized carbons (Fsp3) is 0.438. The van der Waals surface area contributed by atoms with Crippen molar-refractivity contribution < 1.29 is 9.90 Å². The number of carboxylic acids is 1. The third-order valence-electron chi connectivity index (χ3n) is 4.24. The zero-order valence-electron chi connectivity index (χ0n) is 11.6. The minimum atomic E-state index is -0.824. The van der Waals surface area contributed by atoms with Gasteiger partial charge in [-0.3, -0.25) is 0 Å². The first-order valence-corrected chi connectivity index (χ1v) is 8.05. The Balaban J connectivity index is 2.12. The van der Waals surface area contributed by atoms with Crippen LogP contribution in [0.4, 0.5) is 0 Å². The van der Waals surface area contributed by atoms with E-state index >= 15 is 0 Å². The number of aromatic nitrogens is 1. The second-order valence-corrected chi connectivity index (χ2v) is 6.42. The summed E-state index contributed by atoms with van der Waals surface area (Å²) in [5, 5.41) is 11.4. The Labute approximate surface area is 122 Å². The van der Waals surface area contributed by atoms with Crippen molar-refractivity contribution in [1.82, 2.24) is 4.57 Å². The van der Waals surface area contributed by atoms with E-state index in [2.05, 4.69) is 10.6 Å². The van der Waals surface area contributed by atoms with Gasteiger partial charge in [0.05, 0.1) is 16.1 Å². The first-order valence-electron chi connectivity index (χ1n) is 7.17. The van der Waals surface area contributed by atoms with Gasteiger partial charge in [0.2, 0.25) is 0 Å². The van der Waals surface area contributed by atoms with E-state index in [-0.39, 0.29) is 0 Å². The van der Waals surface area contributed by atoms with Gasteiger partial charge in [0.1, 0.15) is 0 Å². The number of aromatic carboxylic acids is 1. The second kappa shape index (κ2) is 5.44. The lowest BCUT2D eigenvalue weighted by Crippen LogP contribution is -2.15. The van der Waals surface area contributed by atoms with Crippen molar-refractivity contribution in [2.75, 3.05) is 0 Å². The van der Waals surface area contributed by atoms with Crippen molar-refractivity contribution in [2.45, 2.75) is 45.1 Å². The van der Waals surface area contributed by atoms with Gasteiger partial charge in [0.25, 0.3) is 0 Å². The third kappa shape index (κ3) is 2.29. The first kappa shape index (κ1) is 13.4. The van der Waals surface area contributed by atoms with Crippen LogP contribution in [0, 0.1) is 6.92 Å². The van der Waals surface area contributed by atoms with Crippen LogP contribution in [0.25, 0.3) is 10.6 Å². The first-order chi connectivity index (χ1) is 9.68. The van der Waals surface area contributed by atoms with Crippen LogP contribution in [0.2, 0.25) is 0 Å². The highest BCUT2D eigenvalue weighted by Crippen LogP contribution is 2.37. The topological polar surface area (TPSA) is 42.2 Å². The highest BCUT2D eigenvalue weighted by Gasteiger charge is 2.24. The molecule has 0 spiro atoms. The number of carboxylic acid groups (broad SMARTS) is 1. The van der Waals surface area contributed by atoms with Crippen molar-refractivity contribution >= 4 is 17.3 Å². The van der Waals surface area contributed by atoms with E-state index in [0.717, 1.165) is 29.1 Å². The molecule has 20 heavy (non-hydrogen) atoms. The Morgan fingerprint density at radius 2 is 2.10 bits per heavy atom. The third-order valence-corrected chi connectivity index (χ3v) is 5.13. The maximum Gasteiger partial charge on any atom is 0.337 e. The van der Waals surface area contributed by atoms with Gasteiger partial charge in [0.15, 0.2) is 0 Å². The molecule has 106 valence electrons. The lowest BCUT2D eigenvalue weighted by Gasteiger charge is -2.27. The molecule has 1 aliphatic rings. The van der Waals surface area contributed by atoms with Gasteiger partial charge >= 0.3 is 5.97 Å². The van der Waals surface area contributed by atoms with Gasteiger partial charge < -0.3 is 9.67 Å². The van der Waals surface area contributed by atoms with E-state index in [4.69, 9.17) is 0 Å². The number of nitrogens with zero attached hydrogens (tertiary/aromatic N) is 1. The van der Waals surface area contributed by atoms with Gasteiger partial charge in [-0.1, -0.05) is 25.3 Å². The molecule has 4 heteroatoms. The van der Waals surface area contributed by atoms with E-state index in [1.165, 1.54) is 19.3 Å². The monoisotopic (exact) mass is 289 g/mol. The normalized spacial score (nSPS) is 16.4. The minimum absolute atomic E-state index is 0.443. The molecule has 2 heterocycles. The summed E-state index contributed by atoms with van der Waals surface area (Å²) in [5.41, 5.74) is 2.41. The van der Waals surface area contributed by atoms with Crippen molar-refractivity contribution in [3.63, 3.8) is 0 Å². The number of rotatable bonds is 3. The number of carbonyl (C=O) groups is 1. The quantitative estimate of drug-likeness (QED) is 0.887. The molecule has 1 aliphatic carbocycles. The molecule has 0 unspecified atom stereocenters. The van der Waals surface area contributed by atoms with Crippen LogP contribution in [0.3, 0.4) is 0 Å². The maximum atomic E-state index is 11.4. The lowest BCUT2D eigenvalue weighted by molar-refractivity contribution is 0.0696. The minimum Gasteiger partial charge on any atom is -0.478 e. The summed E-state index contributed by atoms with van der Waals surface area (Å²) in [5.74, 6) is -0.824. The second-order valence-electron chi connectivity index (χ2n) is 5.47. The maximum absolute atomic E-state index is 11.4. The highest BCUT2D eigenvalue weighted by atomic mass is 32.1. The molecule has 0 amide bonds. The fourth-order valence-electron chi connectivity index (χ4n) is 3.26. The highest BCUT2D eigenvalue weighted by molar-refractivity contribution is 7.13. The van der Waals surface area contributed by atoms with Gasteiger partial charge in [0, 0.05) is 11.7 Å². The van der Waals surface area contributed by atoms with Crippen molar-refractivity contribution in [3.05, 3.63) is 34.8 Å². The molecule has 2 aromatic heterocycles. The zero-order chi connectivity index (χ0) is 14.1. The molecule has 3 nitrogen and oxygen atoms in total. The molecular weight excluding hydrogens is 270 g/mol. The Morgan fingerprint density at radius 3 is 2.70 bits per heavy atom. The molecule has 0 radical (unpaired) electrons. The van der Waals surface area contributed by atoms with Crippen LogP contribution < -0.4 is 0 Å². The summed E-state index contributed by atoms with van der Waals surface area (Å²) < 4.78 is 2.27. The molecular formula is C16H19NO2S. The van der Waals surface area contributed by atoms with Crippen LogP contribution in [0.15, 0.2) is 23.6 Å². The molecule has 0 bridgehead atoms. The average Bonchev–Trinajstić information content (AvgIpc) is 3.06. The Bertz CT molecular complexity index is 607. The van der Waals surface area contributed by atoms with Crippen molar-refractivity contribution in [3.8, 4) is 10.6 Å². The Kier molecular flexibility index (Phi) is 3.66. The molecule has 0 saturated heterocycles. The summed E-state index contributed by atoms with van der Waals surface area (Å²) in [6, 6.07) is 6.39. The summed E-state index contributed by atoms with van der Waals surface area (Å²) in [6.45, 7) is 1.94.